The molecule has 0 atom stereocenters. The normalized spacial score (nSPS) is 15.5. The third-order valence-electron chi connectivity index (χ3n) is 2.33. The molecule has 0 spiro atoms. The average Bonchev–Trinajstić information content (AvgIpc) is 2.99. The van der Waals surface area contributed by atoms with Crippen LogP contribution in [-0.2, 0) is 16.5 Å². The van der Waals surface area contributed by atoms with Gasteiger partial charge in [0.15, 0.2) is 0 Å². The Morgan fingerprint density at radius 1 is 1.40 bits per heavy atom. The maximum Gasteiger partial charge on any atom is 0.144 e. The lowest BCUT2D eigenvalue weighted by atomic mass is 10.2. The third-order valence-corrected chi connectivity index (χ3v) is 2.93. The summed E-state index contributed by atoms with van der Waals surface area (Å²) >= 11 is 0. The van der Waals surface area contributed by atoms with Crippen molar-refractivity contribution in [2.24, 2.45) is 5.92 Å². The van der Waals surface area contributed by atoms with Crippen molar-refractivity contribution in [3.8, 4) is 5.75 Å². The van der Waals surface area contributed by atoms with Gasteiger partial charge in [0.05, 0.1) is 12.4 Å². The summed E-state index contributed by atoms with van der Waals surface area (Å²) in [7, 11) is -2.37. The molecule has 0 saturated heterocycles. The molecule has 3 nitrogen and oxygen atoms in total. The Balaban J connectivity index is 1.90. The van der Waals surface area contributed by atoms with Crippen LogP contribution in [0.1, 0.15) is 18.4 Å². The monoisotopic (exact) mass is 225 g/mol. The zero-order valence-electron chi connectivity index (χ0n) is 8.31. The zero-order valence-corrected chi connectivity index (χ0v) is 9.20. The van der Waals surface area contributed by atoms with Crippen LogP contribution < -0.4 is 4.74 Å². The SMILES string of the molecule is O=[SH](=O)Cc1[c]cc(OCC2CC2)cc1. The number of hydrogen-bond acceptors (Lipinski definition) is 3. The molecule has 1 aliphatic carbocycles. The van der Waals surface area contributed by atoms with Crippen molar-refractivity contribution in [3.63, 3.8) is 0 Å². The van der Waals surface area contributed by atoms with Crippen LogP contribution in [0.4, 0.5) is 0 Å². The summed E-state index contributed by atoms with van der Waals surface area (Å²) in [4.78, 5) is 0. The highest BCUT2D eigenvalue weighted by Gasteiger charge is 2.21. The minimum atomic E-state index is -2.37. The van der Waals surface area contributed by atoms with Gasteiger partial charge in [-0.25, -0.2) is 8.42 Å². The second-order valence-electron chi connectivity index (χ2n) is 3.79. The maximum absolute atomic E-state index is 10.5. The fourth-order valence-corrected chi connectivity index (χ4v) is 1.74. The van der Waals surface area contributed by atoms with Gasteiger partial charge in [-0.3, -0.25) is 0 Å². The predicted molar refractivity (Wildman–Crippen MR) is 57.5 cm³/mol. The van der Waals surface area contributed by atoms with Gasteiger partial charge < -0.3 is 4.74 Å². The van der Waals surface area contributed by atoms with Crippen molar-refractivity contribution in [3.05, 3.63) is 29.8 Å². The van der Waals surface area contributed by atoms with E-state index in [1.165, 1.54) is 12.8 Å². The van der Waals surface area contributed by atoms with Gasteiger partial charge in [-0.1, -0.05) is 6.07 Å². The molecule has 0 aliphatic heterocycles. The van der Waals surface area contributed by atoms with E-state index >= 15 is 0 Å². The van der Waals surface area contributed by atoms with E-state index < -0.39 is 10.7 Å². The van der Waals surface area contributed by atoms with Gasteiger partial charge in [0.2, 0.25) is 0 Å². The van der Waals surface area contributed by atoms with Crippen LogP contribution in [-0.4, -0.2) is 15.0 Å². The highest BCUT2D eigenvalue weighted by Crippen LogP contribution is 2.29. The first-order valence-electron chi connectivity index (χ1n) is 4.99. The smallest absolute Gasteiger partial charge is 0.144 e. The number of rotatable bonds is 5. The van der Waals surface area contributed by atoms with Crippen LogP contribution in [0.3, 0.4) is 0 Å². The number of benzene rings is 1. The van der Waals surface area contributed by atoms with Gasteiger partial charge >= 0.3 is 0 Å². The van der Waals surface area contributed by atoms with Gasteiger partial charge in [0, 0.05) is 0 Å². The molecule has 15 heavy (non-hydrogen) atoms. The first-order chi connectivity index (χ1) is 7.24. The molecule has 1 aromatic carbocycles. The highest BCUT2D eigenvalue weighted by atomic mass is 32.2. The Hall–Kier alpha value is -1.03. The fraction of sp³-hybridized carbons (Fsp3) is 0.455. The van der Waals surface area contributed by atoms with Gasteiger partial charge in [-0.15, -0.1) is 0 Å². The molecular weight excluding hydrogens is 212 g/mol. The lowest BCUT2D eigenvalue weighted by molar-refractivity contribution is 0.299. The van der Waals surface area contributed by atoms with Crippen LogP contribution in [0, 0.1) is 12.0 Å². The summed E-state index contributed by atoms with van der Waals surface area (Å²) in [6.07, 6.45) is 2.52. The topological polar surface area (TPSA) is 43.4 Å². The number of ether oxygens (including phenoxy) is 1. The molecule has 1 fully saturated rings. The van der Waals surface area contributed by atoms with Crippen molar-refractivity contribution >= 4 is 10.7 Å². The van der Waals surface area contributed by atoms with Crippen LogP contribution in [0.15, 0.2) is 18.2 Å². The Morgan fingerprint density at radius 2 is 2.20 bits per heavy atom. The Labute approximate surface area is 91.0 Å². The van der Waals surface area contributed by atoms with Crippen LogP contribution >= 0.6 is 0 Å². The van der Waals surface area contributed by atoms with Crippen LogP contribution in [0.2, 0.25) is 0 Å². The Morgan fingerprint density at radius 3 is 2.73 bits per heavy atom. The highest BCUT2D eigenvalue weighted by molar-refractivity contribution is 7.71. The van der Waals surface area contributed by atoms with Crippen molar-refractivity contribution < 1.29 is 13.2 Å². The molecule has 4 heteroatoms. The molecule has 0 aromatic heterocycles. The summed E-state index contributed by atoms with van der Waals surface area (Å²) in [6.45, 7) is 0.767. The van der Waals surface area contributed by atoms with E-state index in [-0.39, 0.29) is 5.75 Å². The summed E-state index contributed by atoms with van der Waals surface area (Å²) in [5.74, 6) is 1.55. The third kappa shape index (κ3) is 3.55. The second kappa shape index (κ2) is 4.66. The number of hydrogen-bond donors (Lipinski definition) is 1. The first kappa shape index (κ1) is 10.5. The second-order valence-corrected chi connectivity index (χ2v) is 4.78. The molecule has 1 aromatic rings. The molecule has 0 N–H and O–H groups in total. The summed E-state index contributed by atoms with van der Waals surface area (Å²) < 4.78 is 26.4. The molecule has 2 rings (SSSR count). The van der Waals surface area contributed by atoms with E-state index in [9.17, 15) is 8.42 Å². The molecule has 0 bridgehead atoms. The molecule has 1 radical (unpaired) electrons. The molecular formula is C11H13O3S. The van der Waals surface area contributed by atoms with Crippen LogP contribution in [0.5, 0.6) is 5.75 Å². The molecule has 1 aliphatic rings. The summed E-state index contributed by atoms with van der Waals surface area (Å²) in [6, 6.07) is 8.15. The van der Waals surface area contributed by atoms with E-state index in [4.69, 9.17) is 4.74 Å². The van der Waals surface area contributed by atoms with Gasteiger partial charge in [0.25, 0.3) is 0 Å². The minimum Gasteiger partial charge on any atom is -0.493 e. The molecule has 0 unspecified atom stereocenters. The first-order valence-corrected chi connectivity index (χ1v) is 6.35. The van der Waals surface area contributed by atoms with E-state index in [0.29, 0.717) is 5.56 Å². The molecule has 1 saturated carbocycles. The predicted octanol–water partition coefficient (Wildman–Crippen LogP) is 1.39. The Bertz CT molecular complexity index is 383. The van der Waals surface area contributed by atoms with Crippen molar-refractivity contribution in [2.45, 2.75) is 18.6 Å². The lowest BCUT2D eigenvalue weighted by Gasteiger charge is -2.04. The summed E-state index contributed by atoms with van der Waals surface area (Å²) in [5.41, 5.74) is 0.685. The lowest BCUT2D eigenvalue weighted by Crippen LogP contribution is -1.98. The fourth-order valence-electron chi connectivity index (χ4n) is 1.27. The quantitative estimate of drug-likeness (QED) is 0.770. The number of thiol groups is 1. The van der Waals surface area contributed by atoms with Crippen molar-refractivity contribution in [1.29, 1.82) is 0 Å². The average molecular weight is 225 g/mol. The van der Waals surface area contributed by atoms with Gasteiger partial charge in [-0.05, 0) is 42.5 Å². The van der Waals surface area contributed by atoms with Gasteiger partial charge in [0.1, 0.15) is 16.5 Å². The van der Waals surface area contributed by atoms with E-state index in [1.54, 1.807) is 18.2 Å². The van der Waals surface area contributed by atoms with Crippen molar-refractivity contribution in [1.82, 2.24) is 0 Å². The van der Waals surface area contributed by atoms with Gasteiger partial charge in [-0.2, -0.15) is 0 Å². The molecule has 0 amide bonds. The largest absolute Gasteiger partial charge is 0.493 e. The van der Waals surface area contributed by atoms with E-state index in [0.717, 1.165) is 18.3 Å². The van der Waals surface area contributed by atoms with Crippen molar-refractivity contribution in [2.75, 3.05) is 6.61 Å². The Kier molecular flexibility index (Phi) is 3.26. The molecule has 0 heterocycles. The van der Waals surface area contributed by atoms with E-state index in [2.05, 4.69) is 6.07 Å². The summed E-state index contributed by atoms with van der Waals surface area (Å²) in [5, 5.41) is 0. The maximum atomic E-state index is 10.5. The molecule has 81 valence electrons. The standard InChI is InChI=1S/C11H13O3S/c12-15(13)8-10-3-5-11(6-4-10)14-7-9-1-2-9/h3,5-6,9,15H,1-2,7-8H2. The van der Waals surface area contributed by atoms with E-state index in [1.807, 2.05) is 0 Å². The van der Waals surface area contributed by atoms with Crippen LogP contribution in [0.25, 0.3) is 0 Å². The zero-order chi connectivity index (χ0) is 10.7. The minimum absolute atomic E-state index is 0.0538.